The summed E-state index contributed by atoms with van der Waals surface area (Å²) in [6, 6.07) is 5.51. The van der Waals surface area contributed by atoms with Crippen LogP contribution in [0, 0.1) is 0 Å². The van der Waals surface area contributed by atoms with Crippen molar-refractivity contribution in [2.45, 2.75) is 0 Å². The van der Waals surface area contributed by atoms with E-state index in [0.717, 1.165) is 0 Å². The number of hydrogen-bond acceptors (Lipinski definition) is 1. The molecule has 0 N–H and O–H groups in total. The standard InChI is InChI=1S/C40H24O/c1-2-11-27-23-28(18-17-25(27)9-1)38-31-13-5-7-15-33(31)39(34-16-8-6-14-32(34)38)29-20-22-37-36(24-29)35-21-19-26-10-3-4-12-30(26)40(35)41-37/h1-24H/i1D,2D,3D,4D,9D,10D,11D,12D,17D,18D,19D,20D,21D,22D,23D,24D. The average molecular weight is 537 g/mol. The van der Waals surface area contributed by atoms with E-state index in [1.165, 1.54) is 0 Å². The first-order valence-corrected chi connectivity index (χ1v) is 12.8. The summed E-state index contributed by atoms with van der Waals surface area (Å²) in [6.45, 7) is 0. The van der Waals surface area contributed by atoms with E-state index < -0.39 is 84.6 Å². The first-order valence-electron chi connectivity index (χ1n) is 20.8. The van der Waals surface area contributed by atoms with Gasteiger partial charge in [0, 0.05) is 16.2 Å². The molecular weight excluding hydrogens is 496 g/mol. The van der Waals surface area contributed by atoms with Crippen molar-refractivity contribution in [1.29, 1.82) is 0 Å². The molecule has 1 heterocycles. The van der Waals surface area contributed by atoms with Gasteiger partial charge in [-0.05, 0) is 84.1 Å². The molecule has 0 aliphatic carbocycles. The Bertz CT molecular complexity index is 3310. The lowest BCUT2D eigenvalue weighted by Crippen LogP contribution is -1.91. The van der Waals surface area contributed by atoms with Crippen LogP contribution in [0.3, 0.4) is 0 Å². The highest BCUT2D eigenvalue weighted by atomic mass is 16.3. The third-order valence-electron chi connectivity index (χ3n) is 7.37. The Morgan fingerprint density at radius 1 is 0.415 bits per heavy atom. The predicted octanol–water partition coefficient (Wildman–Crippen LogP) is 11.5. The van der Waals surface area contributed by atoms with E-state index in [9.17, 15) is 6.85 Å². The van der Waals surface area contributed by atoms with Gasteiger partial charge in [0.25, 0.3) is 0 Å². The minimum atomic E-state index is -0.599. The van der Waals surface area contributed by atoms with Gasteiger partial charge < -0.3 is 4.42 Å². The molecule has 0 aliphatic heterocycles. The van der Waals surface area contributed by atoms with Gasteiger partial charge in [0.1, 0.15) is 11.2 Å². The van der Waals surface area contributed by atoms with Crippen molar-refractivity contribution in [3.05, 3.63) is 145 Å². The van der Waals surface area contributed by atoms with E-state index in [0.29, 0.717) is 32.7 Å². The quantitative estimate of drug-likeness (QED) is 0.200. The van der Waals surface area contributed by atoms with Gasteiger partial charge in [-0.3, -0.25) is 0 Å². The van der Waals surface area contributed by atoms with Crippen LogP contribution in [0.2, 0.25) is 0 Å². The maximum Gasteiger partial charge on any atom is 0.143 e. The minimum absolute atomic E-state index is 0.0545. The Morgan fingerprint density at radius 3 is 1.68 bits per heavy atom. The maximum absolute atomic E-state index is 9.68. The van der Waals surface area contributed by atoms with Gasteiger partial charge in [-0.1, -0.05) is 121 Å². The van der Waals surface area contributed by atoms with E-state index in [1.54, 1.807) is 48.5 Å². The Balaban J connectivity index is 1.47. The average Bonchev–Trinajstić information content (AvgIpc) is 3.61. The molecule has 0 spiro atoms. The lowest BCUT2D eigenvalue weighted by atomic mass is 9.85. The van der Waals surface area contributed by atoms with Gasteiger partial charge in [-0.25, -0.2) is 0 Å². The normalized spacial score (nSPS) is 17.4. The van der Waals surface area contributed by atoms with E-state index >= 15 is 0 Å². The number of hydrogen-bond donors (Lipinski definition) is 0. The predicted molar refractivity (Wildman–Crippen MR) is 175 cm³/mol. The summed E-state index contributed by atoms with van der Waals surface area (Å²) < 4.78 is 147. The molecular formula is C40H24O. The molecule has 0 fully saturated rings. The summed E-state index contributed by atoms with van der Waals surface area (Å²) in [5.74, 6) is 0. The zero-order chi connectivity index (χ0) is 40.8. The smallest absolute Gasteiger partial charge is 0.143 e. The van der Waals surface area contributed by atoms with Crippen LogP contribution in [0.1, 0.15) is 21.9 Å². The van der Waals surface area contributed by atoms with Crippen LogP contribution >= 0.6 is 0 Å². The van der Waals surface area contributed by atoms with Gasteiger partial charge in [0.05, 0.1) is 21.9 Å². The lowest BCUT2D eigenvalue weighted by molar-refractivity contribution is 0.672. The molecule has 8 aromatic carbocycles. The Labute approximate surface area is 259 Å². The number of furan rings is 1. The Hall–Kier alpha value is -5.40. The molecule has 0 bridgehead atoms. The molecule has 9 aromatic rings. The van der Waals surface area contributed by atoms with Gasteiger partial charge in [0.2, 0.25) is 0 Å². The Morgan fingerprint density at radius 2 is 0.976 bits per heavy atom. The summed E-state index contributed by atoms with van der Waals surface area (Å²) in [7, 11) is 0. The van der Waals surface area contributed by atoms with Crippen molar-refractivity contribution in [2.75, 3.05) is 0 Å². The van der Waals surface area contributed by atoms with Crippen molar-refractivity contribution in [3.63, 3.8) is 0 Å². The Kier molecular flexibility index (Phi) is 2.50. The molecule has 190 valence electrons. The number of benzene rings is 8. The largest absolute Gasteiger partial charge is 0.455 e. The van der Waals surface area contributed by atoms with E-state index in [1.807, 2.05) is 0 Å². The fraction of sp³-hybridized carbons (Fsp3) is 0. The summed E-state index contributed by atoms with van der Waals surface area (Å²) in [5, 5.41) is 0.500. The molecule has 41 heavy (non-hydrogen) atoms. The molecule has 0 aliphatic rings. The molecule has 0 amide bonds. The summed E-state index contributed by atoms with van der Waals surface area (Å²) in [4.78, 5) is 0. The summed E-state index contributed by atoms with van der Waals surface area (Å²) in [5.41, 5.74) is -0.0108. The van der Waals surface area contributed by atoms with Crippen LogP contribution in [0.5, 0.6) is 0 Å². The van der Waals surface area contributed by atoms with Crippen molar-refractivity contribution in [1.82, 2.24) is 0 Å². The van der Waals surface area contributed by atoms with Gasteiger partial charge in [-0.2, -0.15) is 0 Å². The molecule has 1 nitrogen and oxygen atoms in total. The SMILES string of the molecule is [2H]c1c(-c2c3ccccc3c(-c3c([2H])c([2H])c4c([2H])c([2H])c([2H])c([2H])c4c3[2H])c3ccccc23)c([2H])c2c(oc3c4c([2H])c([2H])c([2H])c([2H])c4c([2H])c([2H])c32)c1[2H]. The highest BCUT2D eigenvalue weighted by Gasteiger charge is 2.18. The van der Waals surface area contributed by atoms with E-state index in [2.05, 4.69) is 0 Å². The van der Waals surface area contributed by atoms with Crippen molar-refractivity contribution >= 4 is 65.0 Å². The van der Waals surface area contributed by atoms with Crippen LogP contribution in [0.25, 0.3) is 87.3 Å². The highest BCUT2D eigenvalue weighted by Crippen LogP contribution is 2.45. The highest BCUT2D eigenvalue weighted by molar-refractivity contribution is 6.23. The number of rotatable bonds is 2. The summed E-state index contributed by atoms with van der Waals surface area (Å²) >= 11 is 0. The van der Waals surface area contributed by atoms with Crippen molar-refractivity contribution in [2.24, 2.45) is 0 Å². The first kappa shape index (κ1) is 12.0. The molecule has 9 rings (SSSR count). The minimum Gasteiger partial charge on any atom is -0.455 e. The zero-order valence-corrected chi connectivity index (χ0v) is 21.0. The second-order valence-electron chi connectivity index (χ2n) is 9.60. The monoisotopic (exact) mass is 536 g/mol. The van der Waals surface area contributed by atoms with Crippen LogP contribution in [0.4, 0.5) is 0 Å². The second-order valence-corrected chi connectivity index (χ2v) is 9.60. The zero-order valence-electron chi connectivity index (χ0n) is 37.0. The summed E-state index contributed by atoms with van der Waals surface area (Å²) in [6.07, 6.45) is 0. The van der Waals surface area contributed by atoms with Gasteiger partial charge in [0.15, 0.2) is 0 Å². The van der Waals surface area contributed by atoms with E-state index in [-0.39, 0.29) is 66.7 Å². The van der Waals surface area contributed by atoms with Crippen LogP contribution in [-0.4, -0.2) is 0 Å². The van der Waals surface area contributed by atoms with Crippen LogP contribution in [-0.2, 0) is 0 Å². The third kappa shape index (κ3) is 3.30. The molecule has 1 heteroatoms. The first-order chi connectivity index (χ1) is 27.0. The molecule has 1 aromatic heterocycles. The fourth-order valence-electron chi connectivity index (χ4n) is 5.61. The molecule has 0 saturated heterocycles. The van der Waals surface area contributed by atoms with Gasteiger partial charge in [-0.15, -0.1) is 0 Å². The van der Waals surface area contributed by atoms with Crippen LogP contribution in [0.15, 0.2) is 150 Å². The molecule has 0 atom stereocenters. The molecule has 0 unspecified atom stereocenters. The second kappa shape index (κ2) is 8.55. The number of fused-ring (bicyclic) bond motifs is 8. The lowest BCUT2D eigenvalue weighted by Gasteiger charge is -2.18. The van der Waals surface area contributed by atoms with Crippen molar-refractivity contribution in [3.8, 4) is 22.3 Å². The fourth-order valence-corrected chi connectivity index (χ4v) is 5.61. The maximum atomic E-state index is 9.68. The van der Waals surface area contributed by atoms with Crippen LogP contribution < -0.4 is 0 Å². The molecule has 0 saturated carbocycles. The van der Waals surface area contributed by atoms with E-state index in [4.69, 9.17) is 19.5 Å². The van der Waals surface area contributed by atoms with Crippen molar-refractivity contribution < 1.29 is 26.3 Å². The van der Waals surface area contributed by atoms with Gasteiger partial charge >= 0.3 is 0 Å². The topological polar surface area (TPSA) is 13.1 Å². The third-order valence-corrected chi connectivity index (χ3v) is 7.37. The molecule has 0 radical (unpaired) electrons.